The molecule has 0 bridgehead atoms. The predicted molar refractivity (Wildman–Crippen MR) is 39.1 cm³/mol. The molecule has 0 unspecified atom stereocenters. The van der Waals surface area contributed by atoms with Gasteiger partial charge in [0.05, 0.1) is 5.75 Å². The summed E-state index contributed by atoms with van der Waals surface area (Å²) in [4.78, 5) is 9.94. The Morgan fingerprint density at radius 1 is 1.33 bits per heavy atom. The van der Waals surface area contributed by atoms with E-state index < -0.39 is 33.4 Å². The highest BCUT2D eigenvalue weighted by Gasteiger charge is 2.55. The van der Waals surface area contributed by atoms with Crippen molar-refractivity contribution in [2.45, 2.75) is 10.6 Å². The van der Waals surface area contributed by atoms with Crippen LogP contribution in [0.5, 0.6) is 0 Å². The first kappa shape index (κ1) is 12.3. The van der Waals surface area contributed by atoms with Gasteiger partial charge in [0.1, 0.15) is 0 Å². The largest absolute Gasteiger partial charge is 0.393 e. The Kier molecular flexibility index (Phi) is 4.13. The number of halogens is 6. The van der Waals surface area contributed by atoms with Crippen LogP contribution in [0.2, 0.25) is 0 Å². The summed E-state index contributed by atoms with van der Waals surface area (Å²) in [6, 6.07) is 0. The van der Waals surface area contributed by atoms with Gasteiger partial charge in [0.25, 0.3) is 0 Å². The molecule has 12 heavy (non-hydrogen) atoms. The number of hydrogen-bond acceptors (Lipinski definition) is 2. The molecule has 1 nitrogen and oxygen atoms in total. The van der Waals surface area contributed by atoms with Crippen LogP contribution in [0.1, 0.15) is 0 Å². The van der Waals surface area contributed by atoms with E-state index in [1.165, 1.54) is 0 Å². The van der Waals surface area contributed by atoms with Crippen molar-refractivity contribution in [2.75, 3.05) is 5.75 Å². The zero-order valence-corrected chi connectivity index (χ0v) is 7.62. The molecule has 0 aliphatic carbocycles. The summed E-state index contributed by atoms with van der Waals surface area (Å²) >= 11 is 8.10. The first-order chi connectivity index (χ1) is 5.17. The molecule has 72 valence electrons. The SMILES string of the molecule is O=C(Cl)CSC(F)(F)C(F)(F)Cl. The average Bonchev–Trinajstić information content (AvgIpc) is 1.81. The Morgan fingerprint density at radius 3 is 2.00 bits per heavy atom. The first-order valence-corrected chi connectivity index (χ1v) is 4.18. The number of rotatable bonds is 4. The second kappa shape index (κ2) is 4.02. The molecule has 0 aromatic carbocycles. The van der Waals surface area contributed by atoms with E-state index in [9.17, 15) is 22.4 Å². The van der Waals surface area contributed by atoms with Crippen molar-refractivity contribution in [1.82, 2.24) is 0 Å². The van der Waals surface area contributed by atoms with Crippen LogP contribution in [-0.4, -0.2) is 21.6 Å². The maximum atomic E-state index is 12.2. The summed E-state index contributed by atoms with van der Waals surface area (Å²) < 4.78 is 47.9. The van der Waals surface area contributed by atoms with Gasteiger partial charge in [-0.05, 0) is 23.2 Å². The maximum Gasteiger partial charge on any atom is 0.393 e. The highest BCUT2D eigenvalue weighted by molar-refractivity contribution is 8.01. The lowest BCUT2D eigenvalue weighted by atomic mass is 10.7. The number of carbonyl (C=O) groups is 1. The molecule has 0 aliphatic heterocycles. The number of thioether (sulfide) groups is 1. The smallest absolute Gasteiger partial charge is 0.280 e. The summed E-state index contributed by atoms with van der Waals surface area (Å²) in [5, 5.41) is -10.3. The van der Waals surface area contributed by atoms with Crippen molar-refractivity contribution >= 4 is 40.2 Å². The van der Waals surface area contributed by atoms with E-state index >= 15 is 0 Å². The van der Waals surface area contributed by atoms with Crippen molar-refractivity contribution in [1.29, 1.82) is 0 Å². The molecule has 0 atom stereocenters. The molecule has 0 aliphatic rings. The zero-order chi connectivity index (χ0) is 9.99. The highest BCUT2D eigenvalue weighted by Crippen LogP contribution is 2.45. The van der Waals surface area contributed by atoms with Crippen LogP contribution in [0.15, 0.2) is 0 Å². The van der Waals surface area contributed by atoms with Gasteiger partial charge in [-0.2, -0.15) is 17.6 Å². The fraction of sp³-hybridized carbons (Fsp3) is 0.750. The Hall–Kier alpha value is 0.320. The van der Waals surface area contributed by atoms with Crippen LogP contribution in [0.4, 0.5) is 17.6 Å². The van der Waals surface area contributed by atoms with Gasteiger partial charge in [-0.1, -0.05) is 11.8 Å². The van der Waals surface area contributed by atoms with E-state index in [1.54, 1.807) is 0 Å². The average molecular weight is 245 g/mol. The van der Waals surface area contributed by atoms with Crippen molar-refractivity contribution in [3.63, 3.8) is 0 Å². The van der Waals surface area contributed by atoms with Gasteiger partial charge in [0.15, 0.2) is 0 Å². The molecule has 8 heteroatoms. The minimum absolute atomic E-state index is 0.603. The van der Waals surface area contributed by atoms with E-state index in [4.69, 9.17) is 0 Å². The van der Waals surface area contributed by atoms with Gasteiger partial charge in [0.2, 0.25) is 5.24 Å². The van der Waals surface area contributed by atoms with Gasteiger partial charge in [0, 0.05) is 0 Å². The molecule has 0 N–H and O–H groups in total. The van der Waals surface area contributed by atoms with Crippen LogP contribution < -0.4 is 0 Å². The van der Waals surface area contributed by atoms with Crippen molar-refractivity contribution in [2.24, 2.45) is 0 Å². The van der Waals surface area contributed by atoms with Gasteiger partial charge in [-0.25, -0.2) is 0 Å². The minimum Gasteiger partial charge on any atom is -0.280 e. The van der Waals surface area contributed by atoms with Crippen LogP contribution in [0.25, 0.3) is 0 Å². The lowest BCUT2D eigenvalue weighted by Crippen LogP contribution is -2.32. The first-order valence-electron chi connectivity index (χ1n) is 2.43. The minimum atomic E-state index is -4.68. The zero-order valence-electron chi connectivity index (χ0n) is 5.29. The normalized spacial score (nSPS) is 13.2. The summed E-state index contributed by atoms with van der Waals surface area (Å²) in [5.74, 6) is -0.920. The quantitative estimate of drug-likeness (QED) is 0.430. The van der Waals surface area contributed by atoms with Gasteiger partial charge >= 0.3 is 10.6 Å². The summed E-state index contributed by atoms with van der Waals surface area (Å²) in [6.45, 7) is 0. The Bertz CT molecular complexity index is 180. The molecular weight excluding hydrogens is 243 g/mol. The van der Waals surface area contributed by atoms with Gasteiger partial charge in [-0.3, -0.25) is 4.79 Å². The van der Waals surface area contributed by atoms with Gasteiger partial charge in [-0.15, -0.1) is 0 Å². The summed E-state index contributed by atoms with van der Waals surface area (Å²) in [7, 11) is 0. The summed E-state index contributed by atoms with van der Waals surface area (Å²) in [5.41, 5.74) is 0. The topological polar surface area (TPSA) is 17.1 Å². The third kappa shape index (κ3) is 3.82. The third-order valence-corrected chi connectivity index (χ3v) is 2.36. The molecular formula is C4H2Cl2F4OS. The molecule has 0 saturated carbocycles. The van der Waals surface area contributed by atoms with E-state index in [1.807, 2.05) is 0 Å². The molecule has 0 aromatic rings. The second-order valence-corrected chi connectivity index (χ2v) is 3.64. The standard InChI is InChI=1S/C4H2Cl2F4OS/c5-2(11)1-12-4(9,10)3(6,7)8/h1H2. The molecule has 0 rings (SSSR count). The summed E-state index contributed by atoms with van der Waals surface area (Å²) in [6.07, 6.45) is 0. The van der Waals surface area contributed by atoms with E-state index in [0.29, 0.717) is 0 Å². The molecule has 0 saturated heterocycles. The Labute approximate surface area is 79.4 Å². The Morgan fingerprint density at radius 2 is 1.75 bits per heavy atom. The third-order valence-electron chi connectivity index (χ3n) is 0.697. The highest BCUT2D eigenvalue weighted by atomic mass is 35.5. The van der Waals surface area contributed by atoms with Crippen LogP contribution in [0, 0.1) is 0 Å². The second-order valence-electron chi connectivity index (χ2n) is 1.66. The lowest BCUT2D eigenvalue weighted by Gasteiger charge is -2.18. The van der Waals surface area contributed by atoms with E-state index in [2.05, 4.69) is 23.2 Å². The number of carbonyl (C=O) groups excluding carboxylic acids is 1. The van der Waals surface area contributed by atoms with Gasteiger partial charge < -0.3 is 0 Å². The van der Waals surface area contributed by atoms with Crippen LogP contribution in [-0.2, 0) is 4.79 Å². The van der Waals surface area contributed by atoms with Crippen molar-refractivity contribution < 1.29 is 22.4 Å². The number of hydrogen-bond donors (Lipinski definition) is 0. The molecule has 0 fully saturated rings. The van der Waals surface area contributed by atoms with Crippen molar-refractivity contribution in [3.05, 3.63) is 0 Å². The predicted octanol–water partition coefficient (Wildman–Crippen LogP) is 2.91. The molecule has 0 radical (unpaired) electrons. The fourth-order valence-electron chi connectivity index (χ4n) is 0.229. The monoisotopic (exact) mass is 244 g/mol. The Balaban J connectivity index is 4.14. The lowest BCUT2D eigenvalue weighted by molar-refractivity contribution is -0.110. The maximum absolute atomic E-state index is 12.2. The molecule has 0 aromatic heterocycles. The van der Waals surface area contributed by atoms with E-state index in [0.717, 1.165) is 0 Å². The number of alkyl halides is 5. The molecule has 0 spiro atoms. The van der Waals surface area contributed by atoms with Crippen LogP contribution >= 0.6 is 35.0 Å². The molecule has 0 heterocycles. The van der Waals surface area contributed by atoms with Crippen molar-refractivity contribution in [3.8, 4) is 0 Å². The molecule has 0 amide bonds. The van der Waals surface area contributed by atoms with Crippen LogP contribution in [0.3, 0.4) is 0 Å². The fourth-order valence-corrected chi connectivity index (χ4v) is 1.01. The van der Waals surface area contributed by atoms with E-state index in [-0.39, 0.29) is 0 Å².